The van der Waals surface area contributed by atoms with E-state index >= 15 is 0 Å². The van der Waals surface area contributed by atoms with E-state index < -0.39 is 5.82 Å². The molecular formula is C22H20Cl2FNO3. The molecule has 3 aromatic carbocycles. The number of hydrogen-bond acceptors (Lipinski definition) is 4. The smallest absolute Gasteiger partial charge is 0.163 e. The van der Waals surface area contributed by atoms with Crippen LogP contribution < -0.4 is 19.5 Å². The van der Waals surface area contributed by atoms with Crippen molar-refractivity contribution >= 4 is 28.9 Å². The Balaban J connectivity index is 1.70. The van der Waals surface area contributed by atoms with Gasteiger partial charge in [0.25, 0.3) is 0 Å². The molecule has 0 aliphatic carbocycles. The highest BCUT2D eigenvalue weighted by molar-refractivity contribution is 6.31. The third-order valence-corrected chi connectivity index (χ3v) is 5.01. The summed E-state index contributed by atoms with van der Waals surface area (Å²) < 4.78 is 29.6. The second-order valence-electron chi connectivity index (χ2n) is 6.20. The van der Waals surface area contributed by atoms with E-state index in [2.05, 4.69) is 5.32 Å². The maximum absolute atomic E-state index is 13.2. The van der Waals surface area contributed by atoms with Crippen LogP contribution in [-0.4, -0.2) is 14.2 Å². The standard InChI is InChI=1S/C22H20Cl2FNO3/c1-27-18-7-5-17(6-8-18)26-12-15-9-21(28-2)22(11-20(15)24)29-13-14-3-4-16(25)10-19(14)23/h3-11,26H,12-13H2,1-2H3. The number of anilines is 1. The summed E-state index contributed by atoms with van der Waals surface area (Å²) in [5.74, 6) is 1.41. The molecule has 3 rings (SSSR count). The average Bonchev–Trinajstić information content (AvgIpc) is 2.72. The van der Waals surface area contributed by atoms with Gasteiger partial charge in [-0.3, -0.25) is 0 Å². The summed E-state index contributed by atoms with van der Waals surface area (Å²) in [5, 5.41) is 4.14. The molecule has 0 heterocycles. The van der Waals surface area contributed by atoms with Gasteiger partial charge >= 0.3 is 0 Å². The second kappa shape index (κ2) is 9.72. The Morgan fingerprint density at radius 2 is 1.55 bits per heavy atom. The fourth-order valence-electron chi connectivity index (χ4n) is 2.69. The molecule has 0 bridgehead atoms. The Kier molecular flexibility index (Phi) is 7.07. The van der Waals surface area contributed by atoms with Gasteiger partial charge in [0, 0.05) is 28.9 Å². The Labute approximate surface area is 179 Å². The molecule has 0 radical (unpaired) electrons. The molecule has 0 atom stereocenters. The van der Waals surface area contributed by atoms with Gasteiger partial charge in [0.1, 0.15) is 18.2 Å². The van der Waals surface area contributed by atoms with E-state index in [9.17, 15) is 4.39 Å². The van der Waals surface area contributed by atoms with Crippen molar-refractivity contribution in [1.29, 1.82) is 0 Å². The summed E-state index contributed by atoms with van der Waals surface area (Å²) >= 11 is 12.5. The molecule has 0 saturated heterocycles. The van der Waals surface area contributed by atoms with Crippen molar-refractivity contribution in [3.63, 3.8) is 0 Å². The zero-order valence-corrected chi connectivity index (χ0v) is 17.5. The molecule has 0 spiro atoms. The van der Waals surface area contributed by atoms with E-state index in [1.165, 1.54) is 12.1 Å². The molecule has 0 fully saturated rings. The summed E-state index contributed by atoms with van der Waals surface area (Å²) in [7, 11) is 3.18. The zero-order chi connectivity index (χ0) is 20.8. The lowest BCUT2D eigenvalue weighted by Crippen LogP contribution is -2.03. The average molecular weight is 436 g/mol. The van der Waals surface area contributed by atoms with Gasteiger partial charge in [0.15, 0.2) is 11.5 Å². The van der Waals surface area contributed by atoms with Crippen molar-refractivity contribution in [3.05, 3.63) is 81.6 Å². The lowest BCUT2D eigenvalue weighted by Gasteiger charge is -2.15. The normalized spacial score (nSPS) is 10.5. The summed E-state index contributed by atoms with van der Waals surface area (Å²) in [6.07, 6.45) is 0. The first-order valence-corrected chi connectivity index (χ1v) is 9.57. The van der Waals surface area contributed by atoms with Gasteiger partial charge in [-0.1, -0.05) is 29.3 Å². The minimum Gasteiger partial charge on any atom is -0.497 e. The predicted octanol–water partition coefficient (Wildman–Crippen LogP) is 6.34. The van der Waals surface area contributed by atoms with Gasteiger partial charge in [-0.2, -0.15) is 0 Å². The Morgan fingerprint density at radius 3 is 2.21 bits per heavy atom. The highest BCUT2D eigenvalue weighted by atomic mass is 35.5. The van der Waals surface area contributed by atoms with Crippen molar-refractivity contribution in [3.8, 4) is 17.2 Å². The zero-order valence-electron chi connectivity index (χ0n) is 16.0. The molecular weight excluding hydrogens is 416 g/mol. The van der Waals surface area contributed by atoms with Crippen LogP contribution in [0.15, 0.2) is 54.6 Å². The van der Waals surface area contributed by atoms with Crippen molar-refractivity contribution in [2.75, 3.05) is 19.5 Å². The van der Waals surface area contributed by atoms with Crippen LogP contribution in [-0.2, 0) is 13.2 Å². The van der Waals surface area contributed by atoms with Crippen LogP contribution in [0.3, 0.4) is 0 Å². The molecule has 0 aromatic heterocycles. The van der Waals surface area contributed by atoms with Gasteiger partial charge in [0.05, 0.1) is 19.2 Å². The predicted molar refractivity (Wildman–Crippen MR) is 114 cm³/mol. The van der Waals surface area contributed by atoms with Crippen LogP contribution in [0.5, 0.6) is 17.2 Å². The van der Waals surface area contributed by atoms with Crippen molar-refractivity contribution in [2.45, 2.75) is 13.2 Å². The minimum atomic E-state index is -0.395. The van der Waals surface area contributed by atoms with Crippen LogP contribution in [0.4, 0.5) is 10.1 Å². The largest absolute Gasteiger partial charge is 0.497 e. The third kappa shape index (κ3) is 5.46. The van der Waals surface area contributed by atoms with Crippen LogP contribution in [0.2, 0.25) is 10.0 Å². The van der Waals surface area contributed by atoms with E-state index in [0.717, 1.165) is 17.0 Å². The van der Waals surface area contributed by atoms with Gasteiger partial charge in [-0.25, -0.2) is 4.39 Å². The fourth-order valence-corrected chi connectivity index (χ4v) is 3.13. The Hall–Kier alpha value is -2.63. The maximum Gasteiger partial charge on any atom is 0.163 e. The van der Waals surface area contributed by atoms with Crippen molar-refractivity contribution in [1.82, 2.24) is 0 Å². The molecule has 7 heteroatoms. The molecule has 1 N–H and O–H groups in total. The van der Waals surface area contributed by atoms with E-state index in [1.54, 1.807) is 26.4 Å². The third-order valence-electron chi connectivity index (χ3n) is 4.30. The van der Waals surface area contributed by atoms with E-state index in [4.69, 9.17) is 37.4 Å². The molecule has 29 heavy (non-hydrogen) atoms. The Bertz CT molecular complexity index is 981. The second-order valence-corrected chi connectivity index (χ2v) is 7.02. The summed E-state index contributed by atoms with van der Waals surface area (Å²) in [5.41, 5.74) is 2.45. The molecule has 4 nitrogen and oxygen atoms in total. The number of ether oxygens (including phenoxy) is 3. The van der Waals surface area contributed by atoms with Gasteiger partial charge in [-0.05, 0) is 48.0 Å². The highest BCUT2D eigenvalue weighted by Crippen LogP contribution is 2.34. The monoisotopic (exact) mass is 435 g/mol. The lowest BCUT2D eigenvalue weighted by molar-refractivity contribution is 0.284. The van der Waals surface area contributed by atoms with Gasteiger partial charge in [0.2, 0.25) is 0 Å². The summed E-state index contributed by atoms with van der Waals surface area (Å²) in [6, 6.07) is 15.3. The van der Waals surface area contributed by atoms with Crippen molar-refractivity contribution in [2.24, 2.45) is 0 Å². The first kappa shape index (κ1) is 21.1. The Morgan fingerprint density at radius 1 is 0.828 bits per heavy atom. The van der Waals surface area contributed by atoms with E-state index in [1.807, 2.05) is 30.3 Å². The number of hydrogen-bond donors (Lipinski definition) is 1. The summed E-state index contributed by atoms with van der Waals surface area (Å²) in [6.45, 7) is 0.667. The number of methoxy groups -OCH3 is 2. The van der Waals surface area contributed by atoms with Gasteiger partial charge < -0.3 is 19.5 Å². The molecule has 0 aliphatic heterocycles. The lowest BCUT2D eigenvalue weighted by atomic mass is 10.2. The summed E-state index contributed by atoms with van der Waals surface area (Å²) in [4.78, 5) is 0. The molecule has 3 aromatic rings. The molecule has 0 aliphatic rings. The number of nitrogens with one attached hydrogen (secondary N) is 1. The van der Waals surface area contributed by atoms with E-state index in [0.29, 0.717) is 33.7 Å². The number of benzene rings is 3. The van der Waals surface area contributed by atoms with Crippen LogP contribution in [0.1, 0.15) is 11.1 Å². The maximum atomic E-state index is 13.2. The van der Waals surface area contributed by atoms with E-state index in [-0.39, 0.29) is 6.61 Å². The van der Waals surface area contributed by atoms with Crippen molar-refractivity contribution < 1.29 is 18.6 Å². The quantitative estimate of drug-likeness (QED) is 0.447. The first-order valence-electron chi connectivity index (χ1n) is 8.81. The van der Waals surface area contributed by atoms with Crippen LogP contribution >= 0.6 is 23.2 Å². The molecule has 152 valence electrons. The fraction of sp³-hybridized carbons (Fsp3) is 0.182. The number of rotatable bonds is 8. The van der Waals surface area contributed by atoms with Crippen LogP contribution in [0.25, 0.3) is 0 Å². The molecule has 0 saturated carbocycles. The first-order chi connectivity index (χ1) is 14.0. The number of halogens is 3. The van der Waals surface area contributed by atoms with Gasteiger partial charge in [-0.15, -0.1) is 0 Å². The topological polar surface area (TPSA) is 39.7 Å². The highest BCUT2D eigenvalue weighted by Gasteiger charge is 2.12. The van der Waals surface area contributed by atoms with Crippen LogP contribution in [0, 0.1) is 5.82 Å². The minimum absolute atomic E-state index is 0.162. The molecule has 0 unspecified atom stereocenters. The molecule has 0 amide bonds. The SMILES string of the molecule is COc1ccc(NCc2cc(OC)c(OCc3ccc(F)cc3Cl)cc2Cl)cc1.